The van der Waals surface area contributed by atoms with Gasteiger partial charge in [0.15, 0.2) is 5.69 Å². The molecule has 0 bridgehead atoms. The standard InChI is InChI=1S/C13H13NO5/c1-17-6-7-18-10-4-2-9(3-5-10)12-14-11(8-19-12)13(15)16/h2-5,8H,6-7H2,1H3,(H,15,16). The van der Waals surface area contributed by atoms with Crippen molar-refractivity contribution in [1.29, 1.82) is 0 Å². The average Bonchev–Trinajstić information content (AvgIpc) is 2.90. The van der Waals surface area contributed by atoms with Crippen molar-refractivity contribution in [2.45, 2.75) is 0 Å². The summed E-state index contributed by atoms with van der Waals surface area (Å²) in [6.45, 7) is 0.988. The largest absolute Gasteiger partial charge is 0.491 e. The van der Waals surface area contributed by atoms with E-state index < -0.39 is 5.97 Å². The molecule has 6 nitrogen and oxygen atoms in total. The number of rotatable bonds is 6. The molecule has 0 aliphatic carbocycles. The number of carboxylic acid groups (broad SMARTS) is 1. The maximum Gasteiger partial charge on any atom is 0.357 e. The summed E-state index contributed by atoms with van der Waals surface area (Å²) in [6.07, 6.45) is 1.11. The summed E-state index contributed by atoms with van der Waals surface area (Å²) < 4.78 is 15.4. The van der Waals surface area contributed by atoms with Crippen molar-refractivity contribution in [2.24, 2.45) is 0 Å². The third kappa shape index (κ3) is 3.32. The van der Waals surface area contributed by atoms with Gasteiger partial charge in [-0.2, -0.15) is 0 Å². The van der Waals surface area contributed by atoms with Gasteiger partial charge in [-0.05, 0) is 24.3 Å². The van der Waals surface area contributed by atoms with Crippen LogP contribution >= 0.6 is 0 Å². The van der Waals surface area contributed by atoms with E-state index in [9.17, 15) is 4.79 Å². The minimum atomic E-state index is -1.12. The Morgan fingerprint density at radius 1 is 1.32 bits per heavy atom. The lowest BCUT2D eigenvalue weighted by atomic mass is 10.2. The predicted molar refractivity (Wildman–Crippen MR) is 66.3 cm³/mol. The topological polar surface area (TPSA) is 81.8 Å². The molecule has 0 unspecified atom stereocenters. The van der Waals surface area contributed by atoms with Crippen molar-refractivity contribution < 1.29 is 23.8 Å². The molecule has 0 fully saturated rings. The first-order valence-electron chi connectivity index (χ1n) is 5.61. The highest BCUT2D eigenvalue weighted by atomic mass is 16.5. The maximum absolute atomic E-state index is 10.7. The maximum atomic E-state index is 10.7. The fraction of sp³-hybridized carbons (Fsp3) is 0.231. The molecule has 2 aromatic rings. The highest BCUT2D eigenvalue weighted by molar-refractivity contribution is 5.85. The van der Waals surface area contributed by atoms with Gasteiger partial charge < -0.3 is 19.0 Å². The third-order valence-corrected chi connectivity index (χ3v) is 2.38. The van der Waals surface area contributed by atoms with Crippen molar-refractivity contribution in [2.75, 3.05) is 20.3 Å². The molecule has 0 amide bonds. The summed E-state index contributed by atoms with van der Waals surface area (Å²) in [4.78, 5) is 14.6. The number of methoxy groups -OCH3 is 1. The normalized spacial score (nSPS) is 10.4. The molecule has 1 N–H and O–H groups in total. The Kier molecular flexibility index (Phi) is 4.15. The van der Waals surface area contributed by atoms with Gasteiger partial charge in [0.05, 0.1) is 6.61 Å². The Hall–Kier alpha value is -2.34. The summed E-state index contributed by atoms with van der Waals surface area (Å²) >= 11 is 0. The molecule has 100 valence electrons. The molecule has 0 radical (unpaired) electrons. The molecular weight excluding hydrogens is 250 g/mol. The van der Waals surface area contributed by atoms with E-state index in [0.717, 1.165) is 6.26 Å². The van der Waals surface area contributed by atoms with Gasteiger partial charge in [0.25, 0.3) is 0 Å². The van der Waals surface area contributed by atoms with Gasteiger partial charge in [0.1, 0.15) is 18.6 Å². The van der Waals surface area contributed by atoms with Crippen LogP contribution in [0.5, 0.6) is 5.75 Å². The number of hydrogen-bond acceptors (Lipinski definition) is 5. The first-order valence-corrected chi connectivity index (χ1v) is 5.61. The zero-order valence-corrected chi connectivity index (χ0v) is 10.3. The fourth-order valence-corrected chi connectivity index (χ4v) is 1.44. The van der Waals surface area contributed by atoms with Crippen LogP contribution in [0, 0.1) is 0 Å². The van der Waals surface area contributed by atoms with E-state index in [2.05, 4.69) is 4.98 Å². The Morgan fingerprint density at radius 2 is 2.05 bits per heavy atom. The smallest absolute Gasteiger partial charge is 0.357 e. The van der Waals surface area contributed by atoms with E-state index in [-0.39, 0.29) is 11.6 Å². The van der Waals surface area contributed by atoms with Crippen LogP contribution in [0.3, 0.4) is 0 Å². The molecule has 0 saturated carbocycles. The van der Waals surface area contributed by atoms with E-state index >= 15 is 0 Å². The van der Waals surface area contributed by atoms with Gasteiger partial charge >= 0.3 is 5.97 Å². The van der Waals surface area contributed by atoms with Crippen molar-refractivity contribution in [3.63, 3.8) is 0 Å². The Labute approximate surface area is 109 Å². The zero-order valence-electron chi connectivity index (χ0n) is 10.3. The van der Waals surface area contributed by atoms with Gasteiger partial charge in [0, 0.05) is 12.7 Å². The van der Waals surface area contributed by atoms with Crippen molar-refractivity contribution in [3.05, 3.63) is 36.2 Å². The van der Waals surface area contributed by atoms with E-state index in [4.69, 9.17) is 19.0 Å². The highest BCUT2D eigenvalue weighted by Crippen LogP contribution is 2.21. The first kappa shape index (κ1) is 13.1. The molecule has 0 aliphatic rings. The summed E-state index contributed by atoms with van der Waals surface area (Å²) in [5.41, 5.74) is 0.571. The molecule has 1 heterocycles. The molecule has 2 rings (SSSR count). The minimum absolute atomic E-state index is 0.115. The Balaban J connectivity index is 2.06. The van der Waals surface area contributed by atoms with Gasteiger partial charge in [-0.15, -0.1) is 0 Å². The SMILES string of the molecule is COCCOc1ccc(-c2nc(C(=O)O)co2)cc1. The summed E-state index contributed by atoms with van der Waals surface area (Å²) in [5.74, 6) is -0.152. The van der Waals surface area contributed by atoms with Crippen molar-refractivity contribution in [3.8, 4) is 17.2 Å². The molecule has 19 heavy (non-hydrogen) atoms. The van der Waals surface area contributed by atoms with Crippen LogP contribution in [0.4, 0.5) is 0 Å². The first-order chi connectivity index (χ1) is 9.20. The Bertz CT molecular complexity index is 546. The number of hydrogen-bond donors (Lipinski definition) is 1. The number of benzene rings is 1. The second-order valence-corrected chi connectivity index (χ2v) is 3.71. The van der Waals surface area contributed by atoms with Gasteiger partial charge in [-0.1, -0.05) is 0 Å². The van der Waals surface area contributed by atoms with Gasteiger partial charge in [-0.25, -0.2) is 9.78 Å². The number of nitrogens with zero attached hydrogens (tertiary/aromatic N) is 1. The number of aromatic nitrogens is 1. The quantitative estimate of drug-likeness (QED) is 0.803. The minimum Gasteiger partial charge on any atom is -0.491 e. The number of ether oxygens (including phenoxy) is 2. The number of carboxylic acids is 1. The molecule has 6 heteroatoms. The summed E-state index contributed by atoms with van der Waals surface area (Å²) in [5, 5.41) is 8.76. The molecular formula is C13H13NO5. The average molecular weight is 263 g/mol. The monoisotopic (exact) mass is 263 g/mol. The lowest BCUT2D eigenvalue weighted by Crippen LogP contribution is -2.03. The van der Waals surface area contributed by atoms with Crippen LogP contribution in [0.15, 0.2) is 34.9 Å². The number of aromatic carboxylic acids is 1. The number of carbonyl (C=O) groups is 1. The van der Waals surface area contributed by atoms with E-state index in [1.807, 2.05) is 0 Å². The van der Waals surface area contributed by atoms with E-state index in [0.29, 0.717) is 24.5 Å². The molecule has 0 atom stereocenters. The lowest BCUT2D eigenvalue weighted by Gasteiger charge is -2.05. The molecule has 1 aromatic heterocycles. The number of oxazole rings is 1. The van der Waals surface area contributed by atoms with E-state index in [1.54, 1.807) is 31.4 Å². The Morgan fingerprint density at radius 3 is 2.63 bits per heavy atom. The molecule has 0 spiro atoms. The lowest BCUT2D eigenvalue weighted by molar-refractivity contribution is 0.0690. The summed E-state index contributed by atoms with van der Waals surface area (Å²) in [7, 11) is 1.61. The second-order valence-electron chi connectivity index (χ2n) is 3.71. The van der Waals surface area contributed by atoms with Crippen LogP contribution in [0.1, 0.15) is 10.5 Å². The van der Waals surface area contributed by atoms with E-state index in [1.165, 1.54) is 0 Å². The fourth-order valence-electron chi connectivity index (χ4n) is 1.44. The van der Waals surface area contributed by atoms with Gasteiger partial charge in [-0.3, -0.25) is 0 Å². The predicted octanol–water partition coefficient (Wildman–Crippen LogP) is 2.07. The van der Waals surface area contributed by atoms with Crippen LogP contribution in [0.25, 0.3) is 11.5 Å². The highest BCUT2D eigenvalue weighted by Gasteiger charge is 2.11. The van der Waals surface area contributed by atoms with Crippen LogP contribution in [-0.2, 0) is 4.74 Å². The van der Waals surface area contributed by atoms with Crippen molar-refractivity contribution in [1.82, 2.24) is 4.98 Å². The zero-order chi connectivity index (χ0) is 13.7. The van der Waals surface area contributed by atoms with Crippen LogP contribution in [-0.4, -0.2) is 36.4 Å². The van der Waals surface area contributed by atoms with Crippen LogP contribution < -0.4 is 4.74 Å². The molecule has 0 aliphatic heterocycles. The van der Waals surface area contributed by atoms with Crippen LogP contribution in [0.2, 0.25) is 0 Å². The molecule has 1 aromatic carbocycles. The third-order valence-electron chi connectivity index (χ3n) is 2.38. The molecule has 0 saturated heterocycles. The summed E-state index contributed by atoms with van der Waals surface area (Å²) in [6, 6.07) is 7.02. The second kappa shape index (κ2) is 6.01. The van der Waals surface area contributed by atoms with Crippen molar-refractivity contribution >= 4 is 5.97 Å². The van der Waals surface area contributed by atoms with Gasteiger partial charge in [0.2, 0.25) is 5.89 Å².